The molecule has 2 aromatic rings. The minimum atomic E-state index is -0.461. The van der Waals surface area contributed by atoms with Crippen molar-refractivity contribution in [2.45, 2.75) is 26.4 Å². The Morgan fingerprint density at radius 3 is 2.55 bits per heavy atom. The summed E-state index contributed by atoms with van der Waals surface area (Å²) < 4.78 is 10.9. The maximum atomic E-state index is 11.2. The van der Waals surface area contributed by atoms with Crippen molar-refractivity contribution in [3.8, 4) is 5.75 Å². The SMILES string of the molecule is CC(C)c1ccc(OCc2ccc(C(=O)NN)o2)cc1. The first-order valence-corrected chi connectivity index (χ1v) is 6.42. The van der Waals surface area contributed by atoms with Crippen LogP contribution in [-0.4, -0.2) is 5.91 Å². The molecule has 5 nitrogen and oxygen atoms in total. The summed E-state index contributed by atoms with van der Waals surface area (Å²) in [4.78, 5) is 11.2. The number of amides is 1. The average molecular weight is 274 g/mol. The van der Waals surface area contributed by atoms with Crippen LogP contribution in [0.5, 0.6) is 5.75 Å². The first kappa shape index (κ1) is 14.1. The quantitative estimate of drug-likeness (QED) is 0.499. The fourth-order valence-corrected chi connectivity index (χ4v) is 1.75. The highest BCUT2D eigenvalue weighted by Gasteiger charge is 2.09. The summed E-state index contributed by atoms with van der Waals surface area (Å²) >= 11 is 0. The number of hydrogen-bond donors (Lipinski definition) is 2. The second-order valence-electron chi connectivity index (χ2n) is 4.75. The van der Waals surface area contributed by atoms with Gasteiger partial charge >= 0.3 is 5.91 Å². The Balaban J connectivity index is 1.94. The van der Waals surface area contributed by atoms with E-state index in [4.69, 9.17) is 15.0 Å². The maximum Gasteiger partial charge on any atom is 0.300 e. The smallest absolute Gasteiger partial charge is 0.300 e. The van der Waals surface area contributed by atoms with Crippen LogP contribution in [0.2, 0.25) is 0 Å². The lowest BCUT2D eigenvalue weighted by atomic mass is 10.0. The molecule has 1 aromatic heterocycles. The average Bonchev–Trinajstić information content (AvgIpc) is 2.93. The van der Waals surface area contributed by atoms with Gasteiger partial charge in [0.1, 0.15) is 18.1 Å². The Labute approximate surface area is 117 Å². The third kappa shape index (κ3) is 3.39. The van der Waals surface area contributed by atoms with Gasteiger partial charge in [-0.1, -0.05) is 26.0 Å². The van der Waals surface area contributed by atoms with Gasteiger partial charge in [-0.2, -0.15) is 0 Å². The van der Waals surface area contributed by atoms with E-state index >= 15 is 0 Å². The van der Waals surface area contributed by atoms with Crippen molar-refractivity contribution in [3.05, 3.63) is 53.5 Å². The number of hydrazine groups is 1. The number of nitrogen functional groups attached to an aromatic ring is 1. The van der Waals surface area contributed by atoms with Crippen LogP contribution in [0.1, 0.15) is 41.6 Å². The second-order valence-corrected chi connectivity index (χ2v) is 4.75. The topological polar surface area (TPSA) is 77.5 Å². The molecule has 0 radical (unpaired) electrons. The Hall–Kier alpha value is -2.27. The lowest BCUT2D eigenvalue weighted by Gasteiger charge is -2.07. The number of nitrogens with one attached hydrogen (secondary N) is 1. The Bertz CT molecular complexity index is 573. The summed E-state index contributed by atoms with van der Waals surface area (Å²) in [5.74, 6) is 6.55. The van der Waals surface area contributed by atoms with Gasteiger partial charge < -0.3 is 9.15 Å². The summed E-state index contributed by atoms with van der Waals surface area (Å²) in [6, 6.07) is 11.2. The Morgan fingerprint density at radius 2 is 1.95 bits per heavy atom. The first-order chi connectivity index (χ1) is 9.60. The summed E-state index contributed by atoms with van der Waals surface area (Å²) in [5.41, 5.74) is 3.27. The maximum absolute atomic E-state index is 11.2. The lowest BCUT2D eigenvalue weighted by Crippen LogP contribution is -2.29. The molecule has 1 amide bonds. The molecule has 0 unspecified atom stereocenters. The van der Waals surface area contributed by atoms with Gasteiger partial charge in [-0.25, -0.2) is 5.84 Å². The second kappa shape index (κ2) is 6.25. The fourth-order valence-electron chi connectivity index (χ4n) is 1.75. The number of carbonyl (C=O) groups is 1. The van der Waals surface area contributed by atoms with Crippen molar-refractivity contribution >= 4 is 5.91 Å². The molecular formula is C15H18N2O3. The Morgan fingerprint density at radius 1 is 1.25 bits per heavy atom. The summed E-state index contributed by atoms with van der Waals surface area (Å²) in [7, 11) is 0. The molecule has 20 heavy (non-hydrogen) atoms. The van der Waals surface area contributed by atoms with E-state index < -0.39 is 5.91 Å². The van der Waals surface area contributed by atoms with Crippen LogP contribution in [0.3, 0.4) is 0 Å². The van der Waals surface area contributed by atoms with Gasteiger partial charge in [0.2, 0.25) is 0 Å². The minimum Gasteiger partial charge on any atom is -0.486 e. The molecular weight excluding hydrogens is 256 g/mol. The molecule has 5 heteroatoms. The molecule has 0 spiro atoms. The van der Waals surface area contributed by atoms with Crippen LogP contribution < -0.4 is 16.0 Å². The summed E-state index contributed by atoms with van der Waals surface area (Å²) in [6.45, 7) is 4.55. The molecule has 3 N–H and O–H groups in total. The predicted octanol–water partition coefficient (Wildman–Crippen LogP) is 2.59. The van der Waals surface area contributed by atoms with Crippen molar-refractivity contribution in [2.24, 2.45) is 5.84 Å². The lowest BCUT2D eigenvalue weighted by molar-refractivity contribution is 0.0922. The minimum absolute atomic E-state index is 0.168. The van der Waals surface area contributed by atoms with Crippen molar-refractivity contribution in [3.63, 3.8) is 0 Å². The Kier molecular flexibility index (Phi) is 4.42. The zero-order chi connectivity index (χ0) is 14.5. The number of nitrogens with two attached hydrogens (primary N) is 1. The van der Waals surface area contributed by atoms with Crippen LogP contribution in [-0.2, 0) is 6.61 Å². The normalized spacial score (nSPS) is 10.6. The van der Waals surface area contributed by atoms with E-state index in [-0.39, 0.29) is 12.4 Å². The van der Waals surface area contributed by atoms with Crippen molar-refractivity contribution in [1.29, 1.82) is 0 Å². The van der Waals surface area contributed by atoms with E-state index in [2.05, 4.69) is 13.8 Å². The third-order valence-corrected chi connectivity index (χ3v) is 2.94. The van der Waals surface area contributed by atoms with Crippen molar-refractivity contribution in [1.82, 2.24) is 5.43 Å². The largest absolute Gasteiger partial charge is 0.486 e. The molecule has 0 saturated carbocycles. The molecule has 0 aliphatic heterocycles. The molecule has 0 bridgehead atoms. The van der Waals surface area contributed by atoms with Crippen LogP contribution in [0.25, 0.3) is 0 Å². The van der Waals surface area contributed by atoms with E-state index in [1.165, 1.54) is 5.56 Å². The summed E-state index contributed by atoms with van der Waals surface area (Å²) in [5, 5.41) is 0. The molecule has 1 aromatic carbocycles. The highest BCUT2D eigenvalue weighted by molar-refractivity contribution is 5.90. The van der Waals surface area contributed by atoms with Gasteiger partial charge in [-0.15, -0.1) is 0 Å². The number of hydrogen-bond acceptors (Lipinski definition) is 4. The van der Waals surface area contributed by atoms with Gasteiger partial charge in [-0.05, 0) is 35.7 Å². The van der Waals surface area contributed by atoms with E-state index in [1.807, 2.05) is 29.7 Å². The van der Waals surface area contributed by atoms with Gasteiger partial charge in [-0.3, -0.25) is 10.2 Å². The zero-order valence-corrected chi connectivity index (χ0v) is 11.6. The number of benzene rings is 1. The van der Waals surface area contributed by atoms with Gasteiger partial charge in [0, 0.05) is 0 Å². The number of carbonyl (C=O) groups excluding carboxylic acids is 1. The number of ether oxygens (including phenoxy) is 1. The number of furan rings is 1. The predicted molar refractivity (Wildman–Crippen MR) is 75.2 cm³/mol. The van der Waals surface area contributed by atoms with E-state index in [0.717, 1.165) is 5.75 Å². The van der Waals surface area contributed by atoms with Crippen molar-refractivity contribution in [2.75, 3.05) is 0 Å². The van der Waals surface area contributed by atoms with Gasteiger partial charge in [0.15, 0.2) is 5.76 Å². The standard InChI is InChI=1S/C15H18N2O3/c1-10(2)11-3-5-12(6-4-11)19-9-13-7-8-14(20-13)15(18)17-16/h3-8,10H,9,16H2,1-2H3,(H,17,18). The monoisotopic (exact) mass is 274 g/mol. The molecule has 2 rings (SSSR count). The van der Waals surface area contributed by atoms with Gasteiger partial charge in [0.05, 0.1) is 0 Å². The van der Waals surface area contributed by atoms with Crippen LogP contribution >= 0.6 is 0 Å². The molecule has 0 atom stereocenters. The van der Waals surface area contributed by atoms with Crippen LogP contribution in [0.4, 0.5) is 0 Å². The molecule has 0 saturated heterocycles. The van der Waals surface area contributed by atoms with Crippen LogP contribution in [0.15, 0.2) is 40.8 Å². The fraction of sp³-hybridized carbons (Fsp3) is 0.267. The van der Waals surface area contributed by atoms with Crippen molar-refractivity contribution < 1.29 is 13.9 Å². The number of rotatable bonds is 5. The highest BCUT2D eigenvalue weighted by Crippen LogP contribution is 2.19. The first-order valence-electron chi connectivity index (χ1n) is 6.42. The van der Waals surface area contributed by atoms with E-state index in [9.17, 15) is 4.79 Å². The summed E-state index contributed by atoms with van der Waals surface area (Å²) in [6.07, 6.45) is 0. The molecule has 0 aliphatic rings. The van der Waals surface area contributed by atoms with E-state index in [1.54, 1.807) is 12.1 Å². The molecule has 106 valence electrons. The molecule has 0 aliphatic carbocycles. The van der Waals surface area contributed by atoms with Gasteiger partial charge in [0.25, 0.3) is 0 Å². The third-order valence-electron chi connectivity index (χ3n) is 2.94. The van der Waals surface area contributed by atoms with E-state index in [0.29, 0.717) is 11.7 Å². The highest BCUT2D eigenvalue weighted by atomic mass is 16.5. The molecule has 0 fully saturated rings. The van der Waals surface area contributed by atoms with Crippen LogP contribution in [0, 0.1) is 0 Å². The zero-order valence-electron chi connectivity index (χ0n) is 11.6. The molecule has 1 heterocycles.